The molecule has 0 aliphatic heterocycles. The second-order valence-corrected chi connectivity index (χ2v) is 10.6. The summed E-state index contributed by atoms with van der Waals surface area (Å²) in [7, 11) is 0. The third-order valence-corrected chi connectivity index (χ3v) is 7.89. The van der Waals surface area contributed by atoms with Gasteiger partial charge in [-0.3, -0.25) is 0 Å². The molecule has 3 aromatic carbocycles. The van der Waals surface area contributed by atoms with Gasteiger partial charge in [0.05, 0.1) is 26.4 Å². The first-order valence-corrected chi connectivity index (χ1v) is 14.6. The second-order valence-electron chi connectivity index (χ2n) is 10.6. The quantitative estimate of drug-likeness (QED) is 0.104. The number of ether oxygens (including phenoxy) is 4. The lowest BCUT2D eigenvalue weighted by molar-refractivity contribution is 0.121. The smallest absolute Gasteiger partial charge is 0.119 e. The maximum Gasteiger partial charge on any atom is 0.119 e. The Labute approximate surface area is 240 Å². The van der Waals surface area contributed by atoms with Crippen LogP contribution in [0.2, 0.25) is 0 Å². The molecule has 1 saturated carbocycles. The van der Waals surface area contributed by atoms with Gasteiger partial charge in [0, 0.05) is 5.41 Å². The van der Waals surface area contributed by atoms with E-state index in [2.05, 4.69) is 92.9 Å². The average Bonchev–Trinajstić information content (AvgIpc) is 3.01. The summed E-state index contributed by atoms with van der Waals surface area (Å²) in [5.41, 5.74) is 4.81. The second kappa shape index (κ2) is 15.4. The van der Waals surface area contributed by atoms with Crippen molar-refractivity contribution in [1.29, 1.82) is 0 Å². The van der Waals surface area contributed by atoms with E-state index in [-0.39, 0.29) is 5.41 Å². The molecule has 0 unspecified atom stereocenters. The first-order chi connectivity index (χ1) is 19.6. The van der Waals surface area contributed by atoms with Gasteiger partial charge in [0.25, 0.3) is 0 Å². The van der Waals surface area contributed by atoms with Crippen LogP contribution in [0.3, 0.4) is 0 Å². The fourth-order valence-electron chi connectivity index (χ4n) is 5.56. The summed E-state index contributed by atoms with van der Waals surface area (Å²) >= 11 is 0. The Bertz CT molecular complexity index is 1100. The monoisotopic (exact) mass is 540 g/mol. The zero-order valence-electron chi connectivity index (χ0n) is 24.0. The van der Waals surface area contributed by atoms with Gasteiger partial charge >= 0.3 is 0 Å². The van der Waals surface area contributed by atoms with Crippen LogP contribution in [0, 0.1) is 0 Å². The Kier molecular flexibility index (Phi) is 11.4. The molecule has 1 aliphatic rings. The highest BCUT2D eigenvalue weighted by Gasteiger charge is 2.31. The molecule has 0 saturated heterocycles. The fraction of sp³-hybridized carbons (Fsp3) is 0.389. The summed E-state index contributed by atoms with van der Waals surface area (Å²) in [5.74, 6) is 2.36. The van der Waals surface area contributed by atoms with Crippen LogP contribution in [-0.4, -0.2) is 39.6 Å². The van der Waals surface area contributed by atoms with E-state index in [9.17, 15) is 0 Å². The summed E-state index contributed by atoms with van der Waals surface area (Å²) in [6.07, 6.45) is 10.1. The van der Waals surface area contributed by atoms with Crippen LogP contribution in [0.4, 0.5) is 0 Å². The standard InChI is InChI=1S/C36H44O4/c1-4-23-37-25-27-39-34-19-15-32(16-20-34)36(3,31-13-11-30(12-14-31)29-9-7-6-8-10-29)33-17-21-35(22-18-33)40-28-26-38-24-5-2/h4-5,11-22,29H,1-2,6-10,23-28H2,3H3. The first-order valence-electron chi connectivity index (χ1n) is 14.6. The van der Waals surface area contributed by atoms with Gasteiger partial charge in [0.15, 0.2) is 0 Å². The summed E-state index contributed by atoms with van der Waals surface area (Å²) in [4.78, 5) is 0. The SMILES string of the molecule is C=CCOCCOc1ccc(C(C)(c2ccc(OCCOCC=C)cc2)c2ccc(C3CCCCC3)cc2)cc1. The van der Waals surface area contributed by atoms with Crippen molar-refractivity contribution in [3.05, 3.63) is 120 Å². The molecular formula is C36H44O4. The minimum absolute atomic E-state index is 0.345. The molecule has 212 valence electrons. The predicted molar refractivity (Wildman–Crippen MR) is 164 cm³/mol. The van der Waals surface area contributed by atoms with Crippen LogP contribution >= 0.6 is 0 Å². The molecule has 0 radical (unpaired) electrons. The van der Waals surface area contributed by atoms with Gasteiger partial charge in [-0.25, -0.2) is 0 Å². The molecule has 0 bridgehead atoms. The van der Waals surface area contributed by atoms with Gasteiger partial charge in [-0.15, -0.1) is 13.2 Å². The molecule has 0 amide bonds. The molecule has 0 N–H and O–H groups in total. The third-order valence-electron chi connectivity index (χ3n) is 7.89. The summed E-state index contributed by atoms with van der Waals surface area (Å²) < 4.78 is 22.7. The van der Waals surface area contributed by atoms with Crippen LogP contribution in [0.1, 0.15) is 67.2 Å². The van der Waals surface area contributed by atoms with Crippen LogP contribution in [0.25, 0.3) is 0 Å². The normalized spacial score (nSPS) is 14.0. The first kappa shape index (κ1) is 29.6. The van der Waals surface area contributed by atoms with Crippen molar-refractivity contribution in [2.24, 2.45) is 0 Å². The van der Waals surface area contributed by atoms with Crippen molar-refractivity contribution >= 4 is 0 Å². The molecule has 1 fully saturated rings. The van der Waals surface area contributed by atoms with Crippen molar-refractivity contribution in [3.63, 3.8) is 0 Å². The minimum atomic E-state index is -0.345. The molecule has 4 nitrogen and oxygen atoms in total. The van der Waals surface area contributed by atoms with E-state index in [1.54, 1.807) is 12.2 Å². The Morgan fingerprint density at radius 3 is 1.48 bits per heavy atom. The zero-order valence-corrected chi connectivity index (χ0v) is 24.0. The molecule has 0 atom stereocenters. The summed E-state index contributed by atoms with van der Waals surface area (Å²) in [5, 5.41) is 0. The van der Waals surface area contributed by atoms with Gasteiger partial charge in [-0.2, -0.15) is 0 Å². The molecule has 40 heavy (non-hydrogen) atoms. The number of rotatable bonds is 16. The lowest BCUT2D eigenvalue weighted by Gasteiger charge is -2.33. The molecule has 0 heterocycles. The number of hydrogen-bond acceptors (Lipinski definition) is 4. The molecule has 1 aliphatic carbocycles. The topological polar surface area (TPSA) is 36.9 Å². The highest BCUT2D eigenvalue weighted by Crippen LogP contribution is 2.41. The summed E-state index contributed by atoms with van der Waals surface area (Å²) in [6, 6.07) is 26.3. The van der Waals surface area contributed by atoms with Crippen molar-refractivity contribution in [3.8, 4) is 11.5 Å². The minimum Gasteiger partial charge on any atom is -0.491 e. The van der Waals surface area contributed by atoms with Gasteiger partial charge in [0.2, 0.25) is 0 Å². The van der Waals surface area contributed by atoms with Crippen molar-refractivity contribution in [2.45, 2.75) is 50.4 Å². The van der Waals surface area contributed by atoms with Crippen LogP contribution < -0.4 is 9.47 Å². The Morgan fingerprint density at radius 1 is 0.625 bits per heavy atom. The Balaban J connectivity index is 1.56. The van der Waals surface area contributed by atoms with Crippen molar-refractivity contribution < 1.29 is 18.9 Å². The largest absolute Gasteiger partial charge is 0.491 e. The van der Waals surface area contributed by atoms with Crippen molar-refractivity contribution in [2.75, 3.05) is 39.6 Å². The Hall–Kier alpha value is -3.34. The highest BCUT2D eigenvalue weighted by molar-refractivity contribution is 5.52. The van der Waals surface area contributed by atoms with E-state index < -0.39 is 0 Å². The third kappa shape index (κ3) is 7.87. The molecule has 3 aromatic rings. The van der Waals surface area contributed by atoms with E-state index in [0.29, 0.717) is 45.6 Å². The predicted octanol–water partition coefficient (Wildman–Crippen LogP) is 8.25. The van der Waals surface area contributed by atoms with Gasteiger partial charge < -0.3 is 18.9 Å². The fourth-order valence-corrected chi connectivity index (χ4v) is 5.56. The molecular weight excluding hydrogens is 496 g/mol. The van der Waals surface area contributed by atoms with E-state index in [1.165, 1.54) is 54.4 Å². The molecule has 0 spiro atoms. The van der Waals surface area contributed by atoms with E-state index in [4.69, 9.17) is 18.9 Å². The number of hydrogen-bond donors (Lipinski definition) is 0. The van der Waals surface area contributed by atoms with E-state index >= 15 is 0 Å². The molecule has 4 heteroatoms. The van der Waals surface area contributed by atoms with Crippen LogP contribution in [-0.2, 0) is 14.9 Å². The van der Waals surface area contributed by atoms with E-state index in [1.807, 2.05) is 0 Å². The van der Waals surface area contributed by atoms with Gasteiger partial charge in [-0.1, -0.05) is 79.9 Å². The lowest BCUT2D eigenvalue weighted by Crippen LogP contribution is -2.25. The van der Waals surface area contributed by atoms with Crippen LogP contribution in [0.5, 0.6) is 11.5 Å². The average molecular weight is 541 g/mol. The van der Waals surface area contributed by atoms with Crippen LogP contribution in [0.15, 0.2) is 98.1 Å². The van der Waals surface area contributed by atoms with Gasteiger partial charge in [0.1, 0.15) is 24.7 Å². The zero-order chi connectivity index (χ0) is 28.0. The lowest BCUT2D eigenvalue weighted by atomic mass is 9.70. The highest BCUT2D eigenvalue weighted by atomic mass is 16.5. The maximum absolute atomic E-state index is 5.90. The van der Waals surface area contributed by atoms with E-state index in [0.717, 1.165) is 11.5 Å². The maximum atomic E-state index is 5.90. The summed E-state index contributed by atoms with van der Waals surface area (Å²) in [6.45, 7) is 12.8. The molecule has 0 aromatic heterocycles. The van der Waals surface area contributed by atoms with Crippen molar-refractivity contribution in [1.82, 2.24) is 0 Å². The van der Waals surface area contributed by atoms with Gasteiger partial charge in [-0.05, 0) is 72.2 Å². The number of benzene rings is 3. The Morgan fingerprint density at radius 2 is 1.05 bits per heavy atom. The molecule has 4 rings (SSSR count).